The van der Waals surface area contributed by atoms with Gasteiger partial charge in [0.05, 0.1) is 7.11 Å². The molecule has 2 unspecified atom stereocenters. The molecule has 0 bridgehead atoms. The molecule has 1 aromatic carbocycles. The van der Waals surface area contributed by atoms with E-state index in [0.29, 0.717) is 0 Å². The zero-order valence-corrected chi connectivity index (χ0v) is 13.5. The van der Waals surface area contributed by atoms with E-state index in [9.17, 15) is 0 Å². The molecule has 0 heterocycles. The van der Waals surface area contributed by atoms with Crippen LogP contribution < -0.4 is 4.74 Å². The van der Waals surface area contributed by atoms with Crippen LogP contribution in [-0.4, -0.2) is 12.4 Å². The van der Waals surface area contributed by atoms with Crippen LogP contribution in [0.15, 0.2) is 22.7 Å². The van der Waals surface area contributed by atoms with E-state index in [-0.39, 0.29) is 0 Å². The summed E-state index contributed by atoms with van der Waals surface area (Å²) in [7, 11) is 1.73. The second-order valence-electron chi connectivity index (χ2n) is 5.16. The van der Waals surface area contributed by atoms with E-state index in [1.165, 1.54) is 35.7 Å². The SMILES string of the molecule is COc1ccc(Br)c(CSC2CCCC(C)C2)c1. The van der Waals surface area contributed by atoms with Crippen LogP contribution in [0.2, 0.25) is 0 Å². The van der Waals surface area contributed by atoms with Crippen molar-refractivity contribution < 1.29 is 4.74 Å². The summed E-state index contributed by atoms with van der Waals surface area (Å²) in [5, 5.41) is 0.840. The van der Waals surface area contributed by atoms with Gasteiger partial charge in [-0.1, -0.05) is 35.7 Å². The molecule has 1 saturated carbocycles. The average molecular weight is 329 g/mol. The predicted molar refractivity (Wildman–Crippen MR) is 83.4 cm³/mol. The number of halogens is 1. The minimum absolute atomic E-state index is 0.840. The van der Waals surface area contributed by atoms with Crippen LogP contribution in [0, 0.1) is 5.92 Å². The number of rotatable bonds is 4. The van der Waals surface area contributed by atoms with Crippen molar-refractivity contribution in [2.24, 2.45) is 5.92 Å². The summed E-state index contributed by atoms with van der Waals surface area (Å²) in [5.74, 6) is 2.94. The van der Waals surface area contributed by atoms with Gasteiger partial charge in [0.2, 0.25) is 0 Å². The molecule has 0 aliphatic heterocycles. The third-order valence-electron chi connectivity index (χ3n) is 3.62. The number of benzene rings is 1. The topological polar surface area (TPSA) is 9.23 Å². The second-order valence-corrected chi connectivity index (χ2v) is 7.31. The Bertz CT molecular complexity index is 394. The van der Waals surface area contributed by atoms with Crippen molar-refractivity contribution in [3.05, 3.63) is 28.2 Å². The first-order valence-corrected chi connectivity index (χ1v) is 8.47. The molecule has 0 amide bonds. The van der Waals surface area contributed by atoms with Gasteiger partial charge < -0.3 is 4.74 Å². The number of methoxy groups -OCH3 is 1. The van der Waals surface area contributed by atoms with Gasteiger partial charge >= 0.3 is 0 Å². The molecule has 0 spiro atoms. The van der Waals surface area contributed by atoms with Gasteiger partial charge in [0.15, 0.2) is 0 Å². The lowest BCUT2D eigenvalue weighted by Gasteiger charge is -2.26. The Labute approximate surface area is 123 Å². The number of hydrogen-bond donors (Lipinski definition) is 0. The second kappa shape index (κ2) is 6.85. The van der Waals surface area contributed by atoms with Crippen LogP contribution in [0.4, 0.5) is 0 Å². The summed E-state index contributed by atoms with van der Waals surface area (Å²) in [6, 6.07) is 6.22. The van der Waals surface area contributed by atoms with Crippen LogP contribution in [-0.2, 0) is 5.75 Å². The Kier molecular flexibility index (Phi) is 5.43. The van der Waals surface area contributed by atoms with Gasteiger partial charge in [0, 0.05) is 15.5 Å². The Morgan fingerprint density at radius 1 is 1.39 bits per heavy atom. The van der Waals surface area contributed by atoms with E-state index in [4.69, 9.17) is 4.74 Å². The van der Waals surface area contributed by atoms with Crippen molar-refractivity contribution in [3.8, 4) is 5.75 Å². The maximum atomic E-state index is 5.29. The molecule has 1 aliphatic carbocycles. The van der Waals surface area contributed by atoms with Gasteiger partial charge in [-0.05, 0) is 42.5 Å². The lowest BCUT2D eigenvalue weighted by molar-refractivity contribution is 0.394. The highest BCUT2D eigenvalue weighted by atomic mass is 79.9. The van der Waals surface area contributed by atoms with Crippen molar-refractivity contribution in [1.82, 2.24) is 0 Å². The fourth-order valence-electron chi connectivity index (χ4n) is 2.53. The molecule has 1 fully saturated rings. The zero-order valence-electron chi connectivity index (χ0n) is 11.1. The molecule has 1 aromatic rings. The third-order valence-corrected chi connectivity index (χ3v) is 5.77. The highest BCUT2D eigenvalue weighted by Crippen LogP contribution is 2.35. The Morgan fingerprint density at radius 3 is 2.94 bits per heavy atom. The average Bonchev–Trinajstić information content (AvgIpc) is 2.38. The lowest BCUT2D eigenvalue weighted by Crippen LogP contribution is -2.15. The standard InChI is InChI=1S/C15H21BrOS/c1-11-4-3-5-14(8-11)18-10-12-9-13(17-2)6-7-15(12)16/h6-7,9,11,14H,3-5,8,10H2,1-2H3. The molecule has 0 radical (unpaired) electrons. The van der Waals surface area contributed by atoms with Crippen molar-refractivity contribution in [1.29, 1.82) is 0 Å². The summed E-state index contributed by atoms with van der Waals surface area (Å²) < 4.78 is 6.48. The first-order chi connectivity index (χ1) is 8.69. The highest BCUT2D eigenvalue weighted by Gasteiger charge is 2.19. The van der Waals surface area contributed by atoms with E-state index in [2.05, 4.69) is 46.7 Å². The fraction of sp³-hybridized carbons (Fsp3) is 0.600. The normalized spacial score (nSPS) is 23.9. The van der Waals surface area contributed by atoms with Gasteiger partial charge in [-0.2, -0.15) is 11.8 Å². The summed E-state index contributed by atoms with van der Waals surface area (Å²) in [5.41, 5.74) is 1.34. The van der Waals surface area contributed by atoms with E-state index in [0.717, 1.165) is 22.7 Å². The fourth-order valence-corrected chi connectivity index (χ4v) is 4.55. The number of ether oxygens (including phenoxy) is 1. The Balaban J connectivity index is 1.92. The van der Waals surface area contributed by atoms with E-state index in [1.807, 2.05) is 6.07 Å². The molecule has 3 heteroatoms. The molecule has 2 rings (SSSR count). The lowest BCUT2D eigenvalue weighted by atomic mass is 9.91. The molecular formula is C15H21BrOS. The molecule has 2 atom stereocenters. The van der Waals surface area contributed by atoms with E-state index in [1.54, 1.807) is 7.11 Å². The predicted octanol–water partition coefficient (Wildman–Crippen LogP) is 5.27. The van der Waals surface area contributed by atoms with Gasteiger partial charge in [-0.3, -0.25) is 0 Å². The Morgan fingerprint density at radius 2 is 2.22 bits per heavy atom. The maximum Gasteiger partial charge on any atom is 0.119 e. The van der Waals surface area contributed by atoms with Crippen molar-refractivity contribution in [3.63, 3.8) is 0 Å². The largest absolute Gasteiger partial charge is 0.497 e. The molecule has 1 nitrogen and oxygen atoms in total. The molecule has 0 N–H and O–H groups in total. The smallest absolute Gasteiger partial charge is 0.119 e. The maximum absolute atomic E-state index is 5.29. The molecule has 100 valence electrons. The minimum Gasteiger partial charge on any atom is -0.497 e. The molecular weight excluding hydrogens is 308 g/mol. The minimum atomic E-state index is 0.840. The Hall–Kier alpha value is -0.150. The first kappa shape index (κ1) is 14.3. The zero-order chi connectivity index (χ0) is 13.0. The van der Waals surface area contributed by atoms with Gasteiger partial charge in [0.25, 0.3) is 0 Å². The van der Waals surface area contributed by atoms with E-state index < -0.39 is 0 Å². The van der Waals surface area contributed by atoms with Crippen LogP contribution >= 0.6 is 27.7 Å². The summed E-state index contributed by atoms with van der Waals surface area (Å²) in [6.45, 7) is 2.38. The monoisotopic (exact) mass is 328 g/mol. The van der Waals surface area contributed by atoms with Crippen LogP contribution in [0.1, 0.15) is 38.2 Å². The van der Waals surface area contributed by atoms with Gasteiger partial charge in [-0.15, -0.1) is 0 Å². The van der Waals surface area contributed by atoms with Crippen LogP contribution in [0.5, 0.6) is 5.75 Å². The van der Waals surface area contributed by atoms with Crippen molar-refractivity contribution in [2.75, 3.05) is 7.11 Å². The van der Waals surface area contributed by atoms with Crippen LogP contribution in [0.3, 0.4) is 0 Å². The molecule has 1 aliphatic rings. The highest BCUT2D eigenvalue weighted by molar-refractivity contribution is 9.10. The van der Waals surface area contributed by atoms with Crippen LogP contribution in [0.25, 0.3) is 0 Å². The van der Waals surface area contributed by atoms with Gasteiger partial charge in [0.1, 0.15) is 5.75 Å². The number of thioether (sulfide) groups is 1. The summed E-state index contributed by atoms with van der Waals surface area (Å²) in [4.78, 5) is 0. The van der Waals surface area contributed by atoms with Crippen molar-refractivity contribution in [2.45, 2.75) is 43.6 Å². The van der Waals surface area contributed by atoms with Crippen molar-refractivity contribution >= 4 is 27.7 Å². The summed E-state index contributed by atoms with van der Waals surface area (Å²) >= 11 is 5.73. The summed E-state index contributed by atoms with van der Waals surface area (Å²) in [6.07, 6.45) is 5.58. The third kappa shape index (κ3) is 3.92. The first-order valence-electron chi connectivity index (χ1n) is 6.63. The molecule has 0 saturated heterocycles. The van der Waals surface area contributed by atoms with E-state index >= 15 is 0 Å². The molecule has 18 heavy (non-hydrogen) atoms. The van der Waals surface area contributed by atoms with Gasteiger partial charge in [-0.25, -0.2) is 0 Å². The quantitative estimate of drug-likeness (QED) is 0.744. The molecule has 0 aromatic heterocycles. The number of hydrogen-bond acceptors (Lipinski definition) is 2.